The number of nitrogens with one attached hydrogen (secondary N) is 2. The zero-order chi connectivity index (χ0) is 22.8. The highest BCUT2D eigenvalue weighted by Gasteiger charge is 2.43. The molecule has 2 N–H and O–H groups in total. The molecule has 11 heteroatoms. The number of hydrogen-bond donors (Lipinski definition) is 2. The summed E-state index contributed by atoms with van der Waals surface area (Å²) in [7, 11) is 2.39. The Kier molecular flexibility index (Phi) is 9.47. The van der Waals surface area contributed by atoms with Crippen molar-refractivity contribution in [3.8, 4) is 0 Å². The van der Waals surface area contributed by atoms with Crippen molar-refractivity contribution in [3.63, 3.8) is 0 Å². The maximum atomic E-state index is 13.0. The minimum absolute atomic E-state index is 0.141. The zero-order valence-corrected chi connectivity index (χ0v) is 18.3. The first-order valence-corrected chi connectivity index (χ1v) is 10.6. The zero-order valence-electron chi connectivity index (χ0n) is 17.5. The Labute approximate surface area is 184 Å². The summed E-state index contributed by atoms with van der Waals surface area (Å²) in [6.45, 7) is 1.62. The number of rotatable bonds is 8. The first kappa shape index (κ1) is 24.4. The van der Waals surface area contributed by atoms with E-state index in [-0.39, 0.29) is 18.2 Å². The number of amides is 2. The number of methoxy groups -OCH3 is 2. The molecule has 10 nitrogen and oxygen atoms in total. The highest BCUT2D eigenvalue weighted by Crippen LogP contribution is 2.14. The Morgan fingerprint density at radius 1 is 1.23 bits per heavy atom. The van der Waals surface area contributed by atoms with Gasteiger partial charge in [-0.15, -0.1) is 0 Å². The van der Waals surface area contributed by atoms with Crippen LogP contribution in [0.2, 0.25) is 0 Å². The lowest BCUT2D eigenvalue weighted by Gasteiger charge is -2.20. The van der Waals surface area contributed by atoms with Gasteiger partial charge in [0.05, 0.1) is 14.2 Å². The topological polar surface area (TPSA) is 132 Å². The van der Waals surface area contributed by atoms with Gasteiger partial charge >= 0.3 is 12.1 Å². The number of nitrogens with zero attached hydrogens (tertiary/aromatic N) is 1. The van der Waals surface area contributed by atoms with Gasteiger partial charge in [0.15, 0.2) is 11.9 Å². The van der Waals surface area contributed by atoms with Gasteiger partial charge in [-0.3, -0.25) is 19.9 Å². The molecule has 0 aromatic heterocycles. The van der Waals surface area contributed by atoms with E-state index >= 15 is 0 Å². The number of benzene rings is 1. The van der Waals surface area contributed by atoms with Crippen LogP contribution in [-0.4, -0.2) is 80.1 Å². The molecule has 0 radical (unpaired) electrons. The van der Waals surface area contributed by atoms with Gasteiger partial charge in [-0.25, -0.2) is 9.59 Å². The van der Waals surface area contributed by atoms with Crippen molar-refractivity contribution in [2.45, 2.75) is 25.1 Å². The highest BCUT2D eigenvalue weighted by molar-refractivity contribution is 7.99. The number of aliphatic imine (C=N–C) groups is 1. The van der Waals surface area contributed by atoms with E-state index in [0.717, 1.165) is 5.75 Å². The van der Waals surface area contributed by atoms with Crippen molar-refractivity contribution in [1.82, 2.24) is 10.6 Å². The molecular weight excluding hydrogens is 426 g/mol. The molecule has 3 atom stereocenters. The van der Waals surface area contributed by atoms with Crippen LogP contribution in [0, 0.1) is 0 Å². The third-order valence-corrected chi connectivity index (χ3v) is 5.27. The number of ether oxygens (including phenoxy) is 3. The molecular formula is C20H25N3O7S. The van der Waals surface area contributed by atoms with Crippen LogP contribution < -0.4 is 10.6 Å². The molecule has 1 saturated heterocycles. The second kappa shape index (κ2) is 12.1. The van der Waals surface area contributed by atoms with E-state index in [1.165, 1.54) is 26.0 Å². The van der Waals surface area contributed by atoms with Crippen LogP contribution in [0.5, 0.6) is 0 Å². The van der Waals surface area contributed by atoms with Crippen LogP contribution in [0.3, 0.4) is 0 Å². The number of hydrogen-bond acceptors (Lipinski definition) is 9. The second-order valence-electron chi connectivity index (χ2n) is 6.34. The molecule has 1 aromatic rings. The summed E-state index contributed by atoms with van der Waals surface area (Å²) in [5, 5.41) is 5.07. The summed E-state index contributed by atoms with van der Waals surface area (Å²) in [6, 6.07) is 6.64. The summed E-state index contributed by atoms with van der Waals surface area (Å²) in [5.74, 6) is -0.629. The SMILES string of the molecule is CCSCC(N=C(NC(=O)OC)c1ccccc1)C(=O)NC1C(=O)COC1C(=O)OC. The van der Waals surface area contributed by atoms with Crippen LogP contribution in [0.1, 0.15) is 12.5 Å². The van der Waals surface area contributed by atoms with E-state index in [1.54, 1.807) is 30.3 Å². The smallest absolute Gasteiger partial charge is 0.412 e. The number of ketones is 1. The first-order valence-electron chi connectivity index (χ1n) is 9.49. The van der Waals surface area contributed by atoms with Gasteiger partial charge < -0.3 is 19.5 Å². The molecule has 31 heavy (non-hydrogen) atoms. The third kappa shape index (κ3) is 6.79. The quantitative estimate of drug-likeness (QED) is 0.332. The number of thioether (sulfide) groups is 1. The molecule has 2 rings (SSSR count). The van der Waals surface area contributed by atoms with Crippen molar-refractivity contribution >= 4 is 41.4 Å². The van der Waals surface area contributed by atoms with E-state index in [0.29, 0.717) is 5.56 Å². The summed E-state index contributed by atoms with van der Waals surface area (Å²) in [5.41, 5.74) is 0.569. The fraction of sp³-hybridized carbons (Fsp3) is 0.450. The second-order valence-corrected chi connectivity index (χ2v) is 7.66. The average Bonchev–Trinajstić information content (AvgIpc) is 3.15. The monoisotopic (exact) mass is 451 g/mol. The molecule has 168 valence electrons. The Morgan fingerprint density at radius 2 is 1.94 bits per heavy atom. The summed E-state index contributed by atoms with van der Waals surface area (Å²) in [4.78, 5) is 53.2. The summed E-state index contributed by atoms with van der Waals surface area (Å²) >= 11 is 1.46. The van der Waals surface area contributed by atoms with Crippen molar-refractivity contribution in [2.75, 3.05) is 32.3 Å². The lowest BCUT2D eigenvalue weighted by atomic mass is 10.1. The van der Waals surface area contributed by atoms with Crippen LogP contribution >= 0.6 is 11.8 Å². The first-order chi connectivity index (χ1) is 14.9. The molecule has 2 amide bonds. The minimum Gasteiger partial charge on any atom is -0.467 e. The highest BCUT2D eigenvalue weighted by atomic mass is 32.2. The molecule has 3 unspecified atom stereocenters. The van der Waals surface area contributed by atoms with E-state index in [2.05, 4.69) is 25.1 Å². The molecule has 1 aliphatic rings. The Morgan fingerprint density at radius 3 is 2.55 bits per heavy atom. The van der Waals surface area contributed by atoms with Crippen LogP contribution in [0.15, 0.2) is 35.3 Å². The van der Waals surface area contributed by atoms with Crippen molar-refractivity contribution < 1.29 is 33.4 Å². The molecule has 1 aliphatic heterocycles. The fourth-order valence-corrected chi connectivity index (χ4v) is 3.42. The number of carbonyl (C=O) groups is 4. The van der Waals surface area contributed by atoms with Gasteiger partial charge in [0, 0.05) is 11.3 Å². The van der Waals surface area contributed by atoms with E-state index in [4.69, 9.17) is 4.74 Å². The van der Waals surface area contributed by atoms with Crippen LogP contribution in [-0.2, 0) is 28.6 Å². The van der Waals surface area contributed by atoms with Gasteiger partial charge in [0.2, 0.25) is 5.91 Å². The van der Waals surface area contributed by atoms with Gasteiger partial charge in [-0.05, 0) is 5.75 Å². The molecule has 0 saturated carbocycles. The lowest BCUT2D eigenvalue weighted by molar-refractivity contribution is -0.152. The number of carbonyl (C=O) groups excluding carboxylic acids is 4. The maximum absolute atomic E-state index is 13.0. The van der Waals surface area contributed by atoms with Gasteiger partial charge in [-0.1, -0.05) is 37.3 Å². The number of alkyl carbamates (subject to hydrolysis) is 1. The predicted molar refractivity (Wildman–Crippen MR) is 114 cm³/mol. The third-order valence-electron chi connectivity index (χ3n) is 4.31. The molecule has 1 heterocycles. The average molecular weight is 452 g/mol. The molecule has 1 aromatic carbocycles. The van der Waals surface area contributed by atoms with E-state index in [1.807, 2.05) is 6.92 Å². The Bertz CT molecular complexity index is 831. The fourth-order valence-electron chi connectivity index (χ4n) is 2.73. The van der Waals surface area contributed by atoms with E-state index in [9.17, 15) is 19.2 Å². The lowest BCUT2D eigenvalue weighted by Crippen LogP contribution is -2.51. The van der Waals surface area contributed by atoms with Crippen molar-refractivity contribution in [2.24, 2.45) is 4.99 Å². The summed E-state index contributed by atoms with van der Waals surface area (Å²) < 4.78 is 14.4. The molecule has 0 spiro atoms. The maximum Gasteiger partial charge on any atom is 0.412 e. The van der Waals surface area contributed by atoms with Gasteiger partial charge in [0.25, 0.3) is 0 Å². The number of amidine groups is 1. The number of Topliss-reactive ketones (excluding diaryl/α,β-unsaturated/α-hetero) is 1. The largest absolute Gasteiger partial charge is 0.467 e. The van der Waals surface area contributed by atoms with Crippen molar-refractivity contribution in [3.05, 3.63) is 35.9 Å². The molecule has 1 fully saturated rings. The van der Waals surface area contributed by atoms with Crippen LogP contribution in [0.4, 0.5) is 4.79 Å². The normalized spacial score (nSPS) is 19.5. The standard InChI is InChI=1S/C20H25N3O7S/c1-4-31-11-13(18(25)22-15-14(24)10-30-16(15)19(26)28-2)21-17(23-20(27)29-3)12-8-6-5-7-9-12/h5-9,13,15-16H,4,10-11H2,1-3H3,(H,22,25)(H,21,23,27). The molecule has 0 aliphatic carbocycles. The Hall–Kier alpha value is -2.92. The predicted octanol–water partition coefficient (Wildman–Crippen LogP) is 0.537. The number of esters is 1. The van der Waals surface area contributed by atoms with Crippen LogP contribution in [0.25, 0.3) is 0 Å². The summed E-state index contributed by atoms with van der Waals surface area (Å²) in [6.07, 6.45) is -1.96. The molecule has 0 bridgehead atoms. The van der Waals surface area contributed by atoms with Gasteiger partial charge in [0.1, 0.15) is 24.5 Å². The van der Waals surface area contributed by atoms with E-state index < -0.39 is 41.9 Å². The van der Waals surface area contributed by atoms with Gasteiger partial charge in [-0.2, -0.15) is 11.8 Å². The van der Waals surface area contributed by atoms with Crippen molar-refractivity contribution in [1.29, 1.82) is 0 Å². The minimum atomic E-state index is -1.22. The Balaban J connectivity index is 2.30.